The molecular weight excluding hydrogens is 298 g/mol. The van der Waals surface area contributed by atoms with Crippen molar-refractivity contribution in [2.45, 2.75) is 25.3 Å². The lowest BCUT2D eigenvalue weighted by Gasteiger charge is -2.22. The molecule has 1 atom stereocenters. The molecule has 0 unspecified atom stereocenters. The molecule has 2 aromatic carbocycles. The van der Waals surface area contributed by atoms with Gasteiger partial charge in [0.05, 0.1) is 18.5 Å². The molecule has 0 bridgehead atoms. The van der Waals surface area contributed by atoms with Crippen LogP contribution in [0.1, 0.15) is 18.4 Å². The van der Waals surface area contributed by atoms with E-state index in [4.69, 9.17) is 22.2 Å². The fourth-order valence-electron chi connectivity index (χ4n) is 2.46. The molecule has 0 aliphatic carbocycles. The van der Waals surface area contributed by atoms with E-state index in [2.05, 4.69) is 36.4 Å². The van der Waals surface area contributed by atoms with E-state index >= 15 is 0 Å². The predicted octanol–water partition coefficient (Wildman–Crippen LogP) is 2.68. The monoisotopic (exact) mass is 321 g/mol. The molecular formula is C19H23N5. The minimum absolute atomic E-state index is 0.172. The molecule has 124 valence electrons. The van der Waals surface area contributed by atoms with Crippen molar-refractivity contribution in [3.63, 3.8) is 0 Å². The summed E-state index contributed by atoms with van der Waals surface area (Å²) in [6.45, 7) is 0.328. The van der Waals surface area contributed by atoms with Gasteiger partial charge in [-0.2, -0.15) is 5.26 Å². The fourth-order valence-corrected chi connectivity index (χ4v) is 2.46. The van der Waals surface area contributed by atoms with Crippen molar-refractivity contribution < 1.29 is 0 Å². The average Bonchev–Trinajstić information content (AvgIpc) is 2.64. The van der Waals surface area contributed by atoms with Crippen LogP contribution in [0.15, 0.2) is 54.6 Å². The molecule has 2 rings (SSSR count). The molecule has 0 heterocycles. The maximum absolute atomic E-state index is 8.56. The van der Waals surface area contributed by atoms with Crippen LogP contribution in [0.4, 0.5) is 0 Å². The summed E-state index contributed by atoms with van der Waals surface area (Å²) in [5.41, 5.74) is 9.58. The van der Waals surface area contributed by atoms with Crippen molar-refractivity contribution in [2.75, 3.05) is 6.54 Å². The van der Waals surface area contributed by atoms with Crippen molar-refractivity contribution in [3.05, 3.63) is 60.2 Å². The van der Waals surface area contributed by atoms with Crippen LogP contribution in [-0.2, 0) is 6.42 Å². The third-order valence-corrected chi connectivity index (χ3v) is 3.93. The van der Waals surface area contributed by atoms with Crippen LogP contribution in [0.25, 0.3) is 11.1 Å². The Morgan fingerprint density at radius 2 is 1.71 bits per heavy atom. The zero-order valence-corrected chi connectivity index (χ0v) is 13.7. The molecule has 0 fully saturated rings. The van der Waals surface area contributed by atoms with E-state index in [1.807, 2.05) is 24.3 Å². The highest BCUT2D eigenvalue weighted by atomic mass is 15.4. The lowest BCUT2D eigenvalue weighted by atomic mass is 10.0. The molecule has 0 aliphatic rings. The van der Waals surface area contributed by atoms with Crippen molar-refractivity contribution in [1.29, 1.82) is 10.7 Å². The Morgan fingerprint density at radius 1 is 1.08 bits per heavy atom. The fraction of sp³-hybridized carbons (Fsp3) is 0.263. The van der Waals surface area contributed by atoms with E-state index < -0.39 is 6.04 Å². The number of benzene rings is 2. The van der Waals surface area contributed by atoms with Crippen LogP contribution < -0.4 is 11.6 Å². The number of hydrazine groups is 1. The second kappa shape index (κ2) is 8.82. The third-order valence-electron chi connectivity index (χ3n) is 3.93. The number of nitriles is 1. The number of rotatable bonds is 7. The largest absolute Gasteiger partial charge is 0.321 e. The Bertz CT molecular complexity index is 688. The first-order valence-electron chi connectivity index (χ1n) is 7.99. The van der Waals surface area contributed by atoms with E-state index in [1.54, 1.807) is 0 Å². The summed E-state index contributed by atoms with van der Waals surface area (Å²) >= 11 is 0. The van der Waals surface area contributed by atoms with Gasteiger partial charge in [-0.3, -0.25) is 10.4 Å². The molecule has 0 saturated heterocycles. The van der Waals surface area contributed by atoms with Crippen LogP contribution in [0, 0.1) is 16.7 Å². The summed E-state index contributed by atoms with van der Waals surface area (Å²) in [4.78, 5) is 0. The van der Waals surface area contributed by atoms with Crippen LogP contribution in [0.2, 0.25) is 0 Å². The number of nitrogens with two attached hydrogens (primary N) is 2. The van der Waals surface area contributed by atoms with Crippen molar-refractivity contribution in [3.8, 4) is 17.2 Å². The van der Waals surface area contributed by atoms with Crippen LogP contribution in [-0.4, -0.2) is 23.4 Å². The van der Waals surface area contributed by atoms with Gasteiger partial charge in [0, 0.05) is 6.54 Å². The summed E-state index contributed by atoms with van der Waals surface area (Å²) in [5.74, 6) is 5.91. The number of hydrogen-bond donors (Lipinski definition) is 3. The van der Waals surface area contributed by atoms with E-state index in [1.165, 1.54) is 21.7 Å². The Kier molecular flexibility index (Phi) is 6.50. The molecule has 0 radical (unpaired) electrons. The van der Waals surface area contributed by atoms with E-state index in [0.29, 0.717) is 13.0 Å². The smallest absolute Gasteiger partial charge is 0.127 e. The Morgan fingerprint density at radius 3 is 2.33 bits per heavy atom. The van der Waals surface area contributed by atoms with Gasteiger partial charge in [0.15, 0.2) is 0 Å². The zero-order chi connectivity index (χ0) is 17.4. The van der Waals surface area contributed by atoms with Crippen molar-refractivity contribution in [1.82, 2.24) is 5.01 Å². The van der Waals surface area contributed by atoms with E-state index in [9.17, 15) is 0 Å². The molecule has 24 heavy (non-hydrogen) atoms. The minimum atomic E-state index is -0.428. The molecule has 0 aromatic heterocycles. The van der Waals surface area contributed by atoms with Gasteiger partial charge in [0.2, 0.25) is 0 Å². The summed E-state index contributed by atoms with van der Waals surface area (Å²) in [7, 11) is 0. The Labute approximate surface area is 143 Å². The normalized spacial score (nSPS) is 11.5. The quantitative estimate of drug-likeness (QED) is 0.316. The van der Waals surface area contributed by atoms with Crippen LogP contribution >= 0.6 is 0 Å². The van der Waals surface area contributed by atoms with Gasteiger partial charge >= 0.3 is 0 Å². The van der Waals surface area contributed by atoms with Gasteiger partial charge < -0.3 is 5.73 Å². The molecule has 5 heteroatoms. The second-order valence-electron chi connectivity index (χ2n) is 5.69. The number of aryl methyl sites for hydroxylation is 1. The number of amidine groups is 1. The Balaban J connectivity index is 1.88. The maximum atomic E-state index is 8.56. The average molecular weight is 321 g/mol. The van der Waals surface area contributed by atoms with Crippen molar-refractivity contribution >= 4 is 5.84 Å². The summed E-state index contributed by atoms with van der Waals surface area (Å²) in [6.07, 6.45) is 1.71. The van der Waals surface area contributed by atoms with Crippen molar-refractivity contribution in [2.24, 2.45) is 11.6 Å². The van der Waals surface area contributed by atoms with E-state index in [0.717, 1.165) is 6.42 Å². The van der Waals surface area contributed by atoms with Crippen LogP contribution in [0.5, 0.6) is 0 Å². The molecule has 2 aromatic rings. The number of nitrogens with zero attached hydrogens (tertiary/aromatic N) is 2. The van der Waals surface area contributed by atoms with Crippen LogP contribution in [0.3, 0.4) is 0 Å². The second-order valence-corrected chi connectivity index (χ2v) is 5.69. The topological polar surface area (TPSA) is 103 Å². The van der Waals surface area contributed by atoms with Gasteiger partial charge in [0.1, 0.15) is 5.84 Å². The highest BCUT2D eigenvalue weighted by Gasteiger charge is 2.14. The lowest BCUT2D eigenvalue weighted by Crippen LogP contribution is -2.47. The molecule has 0 amide bonds. The lowest BCUT2D eigenvalue weighted by molar-refractivity contribution is 0.425. The minimum Gasteiger partial charge on any atom is -0.321 e. The first-order chi connectivity index (χ1) is 11.6. The molecule has 5 nitrogen and oxygen atoms in total. The summed E-state index contributed by atoms with van der Waals surface area (Å²) < 4.78 is 0. The highest BCUT2D eigenvalue weighted by Crippen LogP contribution is 2.19. The third kappa shape index (κ3) is 4.92. The Hall–Kier alpha value is -2.68. The summed E-state index contributed by atoms with van der Waals surface area (Å²) in [5, 5.41) is 17.8. The SMILES string of the molecule is N#CCCN(N)C(=N)[C@@H](N)CCc1ccc(-c2ccccc2)cc1. The molecule has 0 spiro atoms. The standard InChI is InChI=1S/C19H23N5/c20-13-4-14-24(23)19(22)18(21)12-9-15-7-10-17(11-8-15)16-5-2-1-3-6-16/h1-3,5-8,10-11,18,22H,4,9,12,14,21,23H2/t18-/m0/s1. The zero-order valence-electron chi connectivity index (χ0n) is 13.7. The highest BCUT2D eigenvalue weighted by molar-refractivity contribution is 5.83. The van der Waals surface area contributed by atoms with Gasteiger partial charge in [0.25, 0.3) is 0 Å². The summed E-state index contributed by atoms with van der Waals surface area (Å²) in [6, 6.07) is 20.2. The number of nitrogens with one attached hydrogen (secondary N) is 1. The van der Waals surface area contributed by atoms with Gasteiger partial charge in [-0.1, -0.05) is 54.6 Å². The first-order valence-corrected chi connectivity index (χ1v) is 7.99. The molecule has 0 saturated carbocycles. The predicted molar refractivity (Wildman–Crippen MR) is 97.0 cm³/mol. The van der Waals surface area contributed by atoms with Gasteiger partial charge in [-0.05, 0) is 29.5 Å². The molecule has 5 N–H and O–H groups in total. The van der Waals surface area contributed by atoms with Gasteiger partial charge in [-0.15, -0.1) is 0 Å². The van der Waals surface area contributed by atoms with Gasteiger partial charge in [-0.25, -0.2) is 5.84 Å². The molecule has 0 aliphatic heterocycles. The van der Waals surface area contributed by atoms with E-state index in [-0.39, 0.29) is 12.3 Å². The number of hydrogen-bond acceptors (Lipinski definition) is 4. The first kappa shape index (κ1) is 17.7. The maximum Gasteiger partial charge on any atom is 0.127 e.